The third-order valence-electron chi connectivity index (χ3n) is 2.84. The van der Waals surface area contributed by atoms with Crippen molar-refractivity contribution < 1.29 is 18.7 Å². The summed E-state index contributed by atoms with van der Waals surface area (Å²) in [5.74, 6) is -0.0732. The molecule has 6 heteroatoms. The first-order valence-corrected chi connectivity index (χ1v) is 11.9. The molecule has 0 aliphatic carbocycles. The first-order chi connectivity index (χ1) is 8.58. The molecular formula is C13H29O4PSi. The summed E-state index contributed by atoms with van der Waals surface area (Å²) in [5.41, 5.74) is 0. The molecule has 0 aliphatic rings. The average Bonchev–Trinajstić information content (AvgIpc) is 2.24. The van der Waals surface area contributed by atoms with Crippen LogP contribution in [0.1, 0.15) is 27.7 Å². The zero-order chi connectivity index (χ0) is 15.3. The van der Waals surface area contributed by atoms with Crippen molar-refractivity contribution >= 4 is 15.7 Å². The minimum Gasteiger partial charge on any atom is -0.393 e. The summed E-state index contributed by atoms with van der Waals surface area (Å²) in [6.07, 6.45) is 1.41. The molecule has 19 heavy (non-hydrogen) atoms. The normalized spacial score (nSPS) is 17.4. The van der Waals surface area contributed by atoms with Crippen LogP contribution < -0.4 is 0 Å². The zero-order valence-corrected chi connectivity index (χ0v) is 15.2. The monoisotopic (exact) mass is 308 g/mol. The van der Waals surface area contributed by atoms with E-state index in [1.807, 2.05) is 26.8 Å². The molecule has 0 saturated carbocycles. The van der Waals surface area contributed by atoms with Gasteiger partial charge in [0.25, 0.3) is 0 Å². The van der Waals surface area contributed by atoms with E-state index in [-0.39, 0.29) is 5.92 Å². The Labute approximate surface area is 118 Å². The molecule has 0 unspecified atom stereocenters. The molecule has 0 bridgehead atoms. The number of rotatable bonds is 8. The maximum Gasteiger partial charge on any atom is 0.353 e. The summed E-state index contributed by atoms with van der Waals surface area (Å²) in [6, 6.07) is 0. The van der Waals surface area contributed by atoms with Crippen LogP contribution in [0.15, 0.2) is 11.0 Å². The molecule has 0 spiro atoms. The van der Waals surface area contributed by atoms with E-state index in [2.05, 4.69) is 19.6 Å². The molecule has 0 radical (unpaired) electrons. The standard InChI is InChI=1S/C13H29O4PSi/c1-8-16-18(15,17-9-2)13(19(5,6)7)10-11(3)12(4)14/h10-12,14H,8-9H2,1-7H3/b13-10+/t11-,12+/m1/s1. The Kier molecular flexibility index (Phi) is 7.77. The highest BCUT2D eigenvalue weighted by Crippen LogP contribution is 2.59. The molecule has 0 aromatic rings. The predicted octanol–water partition coefficient (Wildman–Crippen LogP) is 4.03. The van der Waals surface area contributed by atoms with Crippen LogP contribution in [0.2, 0.25) is 19.6 Å². The molecule has 0 heterocycles. The second kappa shape index (κ2) is 7.74. The SMILES string of the molecule is CCOP(=O)(OCC)/C(=C\[C@@H](C)[C@H](C)O)[Si](C)(C)C. The van der Waals surface area contributed by atoms with Gasteiger partial charge in [-0.2, -0.15) is 0 Å². The highest BCUT2D eigenvalue weighted by atomic mass is 31.2. The van der Waals surface area contributed by atoms with Crippen LogP contribution in [0.5, 0.6) is 0 Å². The Bertz CT molecular complexity index is 337. The molecule has 0 fully saturated rings. The highest BCUT2D eigenvalue weighted by molar-refractivity contribution is 7.62. The fourth-order valence-corrected chi connectivity index (χ4v) is 7.54. The third-order valence-corrected chi connectivity index (χ3v) is 9.32. The minimum atomic E-state index is -3.23. The molecule has 0 rings (SSSR count). The molecule has 0 aromatic carbocycles. The fourth-order valence-electron chi connectivity index (χ4n) is 1.66. The summed E-state index contributed by atoms with van der Waals surface area (Å²) >= 11 is 0. The van der Waals surface area contributed by atoms with Crippen molar-refractivity contribution in [3.05, 3.63) is 11.0 Å². The summed E-state index contributed by atoms with van der Waals surface area (Å²) in [4.78, 5) is 0.775. The number of hydrogen-bond acceptors (Lipinski definition) is 4. The maximum atomic E-state index is 13.0. The van der Waals surface area contributed by atoms with Gasteiger partial charge >= 0.3 is 7.60 Å². The van der Waals surface area contributed by atoms with Gasteiger partial charge in [0, 0.05) is 10.9 Å². The largest absolute Gasteiger partial charge is 0.393 e. The zero-order valence-electron chi connectivity index (χ0n) is 13.3. The molecular weight excluding hydrogens is 279 g/mol. The van der Waals surface area contributed by atoms with Crippen LogP contribution in [0, 0.1) is 5.92 Å². The maximum absolute atomic E-state index is 13.0. The van der Waals surface area contributed by atoms with Crippen LogP contribution in [-0.2, 0) is 13.6 Å². The van der Waals surface area contributed by atoms with Crippen molar-refractivity contribution in [3.63, 3.8) is 0 Å². The molecule has 114 valence electrons. The molecule has 4 nitrogen and oxygen atoms in total. The quantitative estimate of drug-likeness (QED) is 0.543. The van der Waals surface area contributed by atoms with Crippen molar-refractivity contribution in [3.8, 4) is 0 Å². The molecule has 1 N–H and O–H groups in total. The highest BCUT2D eigenvalue weighted by Gasteiger charge is 2.38. The van der Waals surface area contributed by atoms with Gasteiger partial charge in [-0.25, -0.2) is 0 Å². The fraction of sp³-hybridized carbons (Fsp3) is 0.846. The van der Waals surface area contributed by atoms with Gasteiger partial charge in [0.15, 0.2) is 0 Å². The van der Waals surface area contributed by atoms with E-state index in [0.717, 1.165) is 4.94 Å². The van der Waals surface area contributed by atoms with Crippen molar-refractivity contribution in [2.45, 2.75) is 53.4 Å². The van der Waals surface area contributed by atoms with Gasteiger partial charge in [-0.05, 0) is 20.8 Å². The third kappa shape index (κ3) is 5.92. The molecule has 0 aromatic heterocycles. The minimum absolute atomic E-state index is 0.0732. The van der Waals surface area contributed by atoms with Gasteiger partial charge in [0.05, 0.1) is 27.4 Å². The van der Waals surface area contributed by atoms with Crippen LogP contribution >= 0.6 is 7.60 Å². The van der Waals surface area contributed by atoms with Crippen LogP contribution in [0.4, 0.5) is 0 Å². The Hall–Kier alpha value is 0.0669. The molecule has 0 aliphatic heterocycles. The lowest BCUT2D eigenvalue weighted by Crippen LogP contribution is -2.27. The second-order valence-corrected chi connectivity index (χ2v) is 13.2. The number of aliphatic hydroxyl groups excluding tert-OH is 1. The molecule has 2 atom stereocenters. The second-order valence-electron chi connectivity index (χ2n) is 5.73. The van der Waals surface area contributed by atoms with Gasteiger partial charge in [0.1, 0.15) is 0 Å². The van der Waals surface area contributed by atoms with Crippen LogP contribution in [0.25, 0.3) is 0 Å². The average molecular weight is 308 g/mol. The van der Waals surface area contributed by atoms with Crippen molar-refractivity contribution in [1.82, 2.24) is 0 Å². The lowest BCUT2D eigenvalue weighted by atomic mass is 10.1. The van der Waals surface area contributed by atoms with Crippen molar-refractivity contribution in [2.75, 3.05) is 13.2 Å². The summed E-state index contributed by atoms with van der Waals surface area (Å²) < 4.78 is 23.9. The van der Waals surface area contributed by atoms with E-state index < -0.39 is 21.8 Å². The van der Waals surface area contributed by atoms with E-state index in [4.69, 9.17) is 9.05 Å². The summed E-state index contributed by atoms with van der Waals surface area (Å²) in [6.45, 7) is 14.3. The summed E-state index contributed by atoms with van der Waals surface area (Å²) in [5, 5.41) is 9.66. The van der Waals surface area contributed by atoms with E-state index in [0.29, 0.717) is 13.2 Å². The first kappa shape index (κ1) is 19.1. The van der Waals surface area contributed by atoms with E-state index in [9.17, 15) is 9.67 Å². The lowest BCUT2D eigenvalue weighted by molar-refractivity contribution is 0.157. The lowest BCUT2D eigenvalue weighted by Gasteiger charge is -2.29. The Morgan fingerprint density at radius 3 is 1.89 bits per heavy atom. The van der Waals surface area contributed by atoms with E-state index in [1.54, 1.807) is 6.92 Å². The Balaban J connectivity index is 5.64. The topological polar surface area (TPSA) is 55.8 Å². The molecule has 0 saturated heterocycles. The Morgan fingerprint density at radius 1 is 1.21 bits per heavy atom. The molecule has 0 amide bonds. The van der Waals surface area contributed by atoms with Crippen LogP contribution in [0.3, 0.4) is 0 Å². The van der Waals surface area contributed by atoms with Crippen molar-refractivity contribution in [1.29, 1.82) is 0 Å². The summed E-state index contributed by atoms with van der Waals surface area (Å²) in [7, 11) is -5.10. The van der Waals surface area contributed by atoms with Crippen LogP contribution in [-0.4, -0.2) is 32.5 Å². The first-order valence-electron chi connectivity index (χ1n) is 6.88. The van der Waals surface area contributed by atoms with E-state index in [1.165, 1.54) is 0 Å². The smallest absolute Gasteiger partial charge is 0.353 e. The van der Waals surface area contributed by atoms with Gasteiger partial charge in [0.2, 0.25) is 0 Å². The van der Waals surface area contributed by atoms with Gasteiger partial charge in [-0.1, -0.05) is 32.6 Å². The van der Waals surface area contributed by atoms with Gasteiger partial charge in [-0.15, -0.1) is 0 Å². The van der Waals surface area contributed by atoms with Crippen molar-refractivity contribution in [2.24, 2.45) is 5.92 Å². The van der Waals surface area contributed by atoms with E-state index >= 15 is 0 Å². The van der Waals surface area contributed by atoms with Gasteiger partial charge < -0.3 is 14.2 Å². The number of hydrogen-bond donors (Lipinski definition) is 1. The van der Waals surface area contributed by atoms with Gasteiger partial charge in [-0.3, -0.25) is 4.57 Å². The predicted molar refractivity (Wildman–Crippen MR) is 83.1 cm³/mol. The Morgan fingerprint density at radius 2 is 1.63 bits per heavy atom. The number of aliphatic hydroxyl groups is 1.